The normalized spacial score (nSPS) is 16.8. The van der Waals surface area contributed by atoms with E-state index in [0.717, 1.165) is 22.2 Å². The summed E-state index contributed by atoms with van der Waals surface area (Å²) in [7, 11) is 0. The molecule has 178 valence electrons. The van der Waals surface area contributed by atoms with Gasteiger partial charge < -0.3 is 15.0 Å². The molecule has 4 nitrogen and oxygen atoms in total. The Bertz CT molecular complexity index is 1090. The highest BCUT2D eigenvalue weighted by Crippen LogP contribution is 2.43. The van der Waals surface area contributed by atoms with Crippen molar-refractivity contribution in [1.29, 1.82) is 0 Å². The van der Waals surface area contributed by atoms with E-state index < -0.39 is 18.8 Å². The van der Waals surface area contributed by atoms with Crippen molar-refractivity contribution in [2.24, 2.45) is 0 Å². The molecule has 0 amide bonds. The smallest absolute Gasteiger partial charge is 0.401 e. The first-order valence-electron chi connectivity index (χ1n) is 11.0. The van der Waals surface area contributed by atoms with Crippen molar-refractivity contribution < 1.29 is 22.3 Å². The number of nitrogens with zero attached hydrogens (tertiary/aromatic N) is 1. The van der Waals surface area contributed by atoms with Crippen LogP contribution in [0.3, 0.4) is 0 Å². The van der Waals surface area contributed by atoms with E-state index in [2.05, 4.69) is 10.3 Å². The lowest BCUT2D eigenvalue weighted by atomic mass is 9.92. The monoisotopic (exact) mass is 483 g/mol. The van der Waals surface area contributed by atoms with Crippen LogP contribution >= 0.6 is 11.6 Å². The number of rotatable bonds is 9. The fourth-order valence-electron chi connectivity index (χ4n) is 4.44. The summed E-state index contributed by atoms with van der Waals surface area (Å²) in [5, 5.41) is 4.39. The Morgan fingerprint density at radius 2 is 1.94 bits per heavy atom. The highest BCUT2D eigenvalue weighted by Gasteiger charge is 2.39. The van der Waals surface area contributed by atoms with Crippen molar-refractivity contribution in [2.75, 3.05) is 39.5 Å². The van der Waals surface area contributed by atoms with Crippen LogP contribution in [-0.2, 0) is 6.42 Å². The first-order chi connectivity index (χ1) is 15.9. The second-order valence-corrected chi connectivity index (χ2v) is 8.48. The van der Waals surface area contributed by atoms with Crippen LogP contribution in [0.4, 0.5) is 17.6 Å². The summed E-state index contributed by atoms with van der Waals surface area (Å²) < 4.78 is 58.3. The largest absolute Gasteiger partial charge is 0.491 e. The van der Waals surface area contributed by atoms with Crippen molar-refractivity contribution in [3.8, 4) is 5.75 Å². The number of benzene rings is 2. The number of para-hydroxylation sites is 1. The predicted molar refractivity (Wildman–Crippen MR) is 122 cm³/mol. The van der Waals surface area contributed by atoms with Gasteiger partial charge in [0.15, 0.2) is 0 Å². The first kappa shape index (κ1) is 23.9. The molecule has 1 unspecified atom stereocenters. The summed E-state index contributed by atoms with van der Waals surface area (Å²) in [4.78, 5) is 4.77. The summed E-state index contributed by atoms with van der Waals surface area (Å²) in [6.07, 6.45) is -3.39. The molecule has 3 aromatic rings. The SMILES string of the molecule is FCCCNCCOc1cccc(C2c3[nH]c4ccccc4c3CCN2CC(F)(F)F)c1Cl. The molecule has 0 bridgehead atoms. The van der Waals surface area contributed by atoms with Gasteiger partial charge >= 0.3 is 6.18 Å². The third-order valence-corrected chi connectivity index (χ3v) is 6.23. The lowest BCUT2D eigenvalue weighted by Crippen LogP contribution is -2.42. The number of nitrogens with one attached hydrogen (secondary N) is 2. The van der Waals surface area contributed by atoms with Gasteiger partial charge in [0.1, 0.15) is 12.4 Å². The van der Waals surface area contributed by atoms with Crippen LogP contribution in [0.25, 0.3) is 10.9 Å². The van der Waals surface area contributed by atoms with E-state index >= 15 is 0 Å². The molecule has 4 rings (SSSR count). The lowest BCUT2D eigenvalue weighted by molar-refractivity contribution is -0.150. The topological polar surface area (TPSA) is 40.3 Å². The number of hydrogen-bond acceptors (Lipinski definition) is 3. The van der Waals surface area contributed by atoms with Gasteiger partial charge in [0, 0.05) is 29.7 Å². The molecule has 0 fully saturated rings. The molecule has 0 aliphatic carbocycles. The molecule has 2 N–H and O–H groups in total. The summed E-state index contributed by atoms with van der Waals surface area (Å²) in [6, 6.07) is 12.3. The molecule has 33 heavy (non-hydrogen) atoms. The second kappa shape index (κ2) is 10.3. The van der Waals surface area contributed by atoms with Gasteiger partial charge in [-0.15, -0.1) is 0 Å². The van der Waals surface area contributed by atoms with Crippen molar-refractivity contribution in [3.05, 3.63) is 64.3 Å². The highest BCUT2D eigenvalue weighted by atomic mass is 35.5. The van der Waals surface area contributed by atoms with E-state index in [4.69, 9.17) is 16.3 Å². The number of alkyl halides is 4. The third kappa shape index (κ3) is 5.45. The van der Waals surface area contributed by atoms with Gasteiger partial charge in [-0.3, -0.25) is 9.29 Å². The van der Waals surface area contributed by atoms with Gasteiger partial charge in [-0.2, -0.15) is 13.2 Å². The van der Waals surface area contributed by atoms with Gasteiger partial charge in [-0.25, -0.2) is 0 Å². The fraction of sp³-hybridized carbons (Fsp3) is 0.417. The van der Waals surface area contributed by atoms with E-state index in [1.54, 1.807) is 18.2 Å². The Labute approximate surface area is 194 Å². The standard InChI is InChI=1S/C24H26ClF4N3O/c25-21-18(6-3-8-20(21)33-14-12-30-11-4-10-26)23-22-17(9-13-32(23)15-24(27,28)29)16-5-1-2-7-19(16)31-22/h1-3,5-8,23,30-31H,4,9-15H2. The lowest BCUT2D eigenvalue weighted by Gasteiger charge is -2.37. The van der Waals surface area contributed by atoms with E-state index in [1.807, 2.05) is 24.3 Å². The Balaban J connectivity index is 1.66. The average Bonchev–Trinajstić information content (AvgIpc) is 3.15. The van der Waals surface area contributed by atoms with Crippen LogP contribution in [0.1, 0.15) is 29.3 Å². The summed E-state index contributed by atoms with van der Waals surface area (Å²) in [6.45, 7) is 0.213. The van der Waals surface area contributed by atoms with Crippen molar-refractivity contribution in [1.82, 2.24) is 15.2 Å². The van der Waals surface area contributed by atoms with E-state index in [1.165, 1.54) is 4.90 Å². The van der Waals surface area contributed by atoms with E-state index in [0.29, 0.717) is 48.9 Å². The Morgan fingerprint density at radius 3 is 2.73 bits per heavy atom. The molecule has 0 radical (unpaired) electrons. The number of H-pyrrole nitrogens is 1. The predicted octanol–water partition coefficient (Wildman–Crippen LogP) is 5.66. The zero-order chi connectivity index (χ0) is 23.4. The fourth-order valence-corrected chi connectivity index (χ4v) is 4.73. The van der Waals surface area contributed by atoms with Crippen LogP contribution in [0.2, 0.25) is 5.02 Å². The van der Waals surface area contributed by atoms with Crippen LogP contribution in [-0.4, -0.2) is 55.5 Å². The number of ether oxygens (including phenoxy) is 1. The molecular formula is C24H26ClF4N3O. The van der Waals surface area contributed by atoms with Crippen LogP contribution in [0, 0.1) is 0 Å². The van der Waals surface area contributed by atoms with Gasteiger partial charge in [-0.1, -0.05) is 41.9 Å². The maximum atomic E-state index is 13.4. The summed E-state index contributed by atoms with van der Waals surface area (Å²) in [5.41, 5.74) is 3.22. The van der Waals surface area contributed by atoms with Crippen LogP contribution in [0.15, 0.2) is 42.5 Å². The van der Waals surface area contributed by atoms with Crippen molar-refractivity contribution in [2.45, 2.75) is 25.1 Å². The summed E-state index contributed by atoms with van der Waals surface area (Å²) in [5.74, 6) is 0.414. The van der Waals surface area contributed by atoms with E-state index in [-0.39, 0.29) is 13.2 Å². The molecule has 0 saturated heterocycles. The molecule has 1 atom stereocenters. The van der Waals surface area contributed by atoms with E-state index in [9.17, 15) is 17.6 Å². The maximum absolute atomic E-state index is 13.4. The van der Waals surface area contributed by atoms with Gasteiger partial charge in [-0.05, 0) is 42.6 Å². The minimum atomic E-state index is -4.34. The molecule has 9 heteroatoms. The van der Waals surface area contributed by atoms with Crippen LogP contribution in [0.5, 0.6) is 5.75 Å². The molecule has 2 heterocycles. The first-order valence-corrected chi connectivity index (χ1v) is 11.3. The summed E-state index contributed by atoms with van der Waals surface area (Å²) >= 11 is 6.69. The average molecular weight is 484 g/mol. The van der Waals surface area contributed by atoms with Gasteiger partial charge in [0.2, 0.25) is 0 Å². The maximum Gasteiger partial charge on any atom is 0.401 e. The minimum Gasteiger partial charge on any atom is -0.491 e. The molecule has 1 aliphatic rings. The Hall–Kier alpha value is -2.29. The molecular weight excluding hydrogens is 458 g/mol. The van der Waals surface area contributed by atoms with Crippen molar-refractivity contribution >= 4 is 22.5 Å². The number of hydrogen-bond donors (Lipinski definition) is 2. The Kier molecular flexibility index (Phi) is 7.46. The number of aromatic amines is 1. The van der Waals surface area contributed by atoms with Crippen molar-refractivity contribution in [3.63, 3.8) is 0 Å². The zero-order valence-electron chi connectivity index (χ0n) is 18.0. The van der Waals surface area contributed by atoms with Gasteiger partial charge in [0.05, 0.1) is 24.3 Å². The highest BCUT2D eigenvalue weighted by molar-refractivity contribution is 6.33. The minimum absolute atomic E-state index is 0.263. The zero-order valence-corrected chi connectivity index (χ0v) is 18.8. The number of halogens is 5. The number of fused-ring (bicyclic) bond motifs is 3. The molecule has 2 aromatic carbocycles. The second-order valence-electron chi connectivity index (χ2n) is 8.10. The number of aromatic nitrogens is 1. The third-order valence-electron chi connectivity index (χ3n) is 5.83. The molecule has 0 saturated carbocycles. The van der Waals surface area contributed by atoms with Crippen LogP contribution < -0.4 is 10.1 Å². The molecule has 1 aromatic heterocycles. The van der Waals surface area contributed by atoms with Gasteiger partial charge in [0.25, 0.3) is 0 Å². The Morgan fingerprint density at radius 1 is 1.12 bits per heavy atom. The molecule has 1 aliphatic heterocycles. The molecule has 0 spiro atoms. The quantitative estimate of drug-likeness (QED) is 0.305.